The van der Waals surface area contributed by atoms with Crippen molar-refractivity contribution in [1.29, 1.82) is 0 Å². The molecule has 4 nitrogen and oxygen atoms in total. The van der Waals surface area contributed by atoms with Crippen molar-refractivity contribution in [2.45, 2.75) is 20.8 Å². The Morgan fingerprint density at radius 1 is 1.04 bits per heavy atom. The van der Waals surface area contributed by atoms with E-state index in [0.717, 1.165) is 27.3 Å². The zero-order valence-electron chi connectivity index (χ0n) is 13.2. The maximum atomic E-state index is 4.40. The van der Waals surface area contributed by atoms with Gasteiger partial charge >= 0.3 is 0 Å². The first-order valence-electron chi connectivity index (χ1n) is 7.46. The number of aromatic nitrogens is 4. The molecular formula is C18H16N4S. The van der Waals surface area contributed by atoms with E-state index in [1.54, 1.807) is 17.7 Å². The van der Waals surface area contributed by atoms with Crippen LogP contribution in [0.1, 0.15) is 16.7 Å². The van der Waals surface area contributed by atoms with Gasteiger partial charge in [-0.15, -0.1) is 21.5 Å². The van der Waals surface area contributed by atoms with E-state index in [1.165, 1.54) is 16.7 Å². The Bertz CT molecular complexity index is 990. The number of hydrogen-bond donors (Lipinski definition) is 0. The van der Waals surface area contributed by atoms with Gasteiger partial charge in [-0.05, 0) is 44.0 Å². The van der Waals surface area contributed by atoms with Crippen molar-refractivity contribution < 1.29 is 0 Å². The Balaban J connectivity index is 1.99. The lowest BCUT2D eigenvalue weighted by atomic mass is 10.0. The molecule has 114 valence electrons. The lowest BCUT2D eigenvalue weighted by molar-refractivity contribution is 1.03. The van der Waals surface area contributed by atoms with Crippen molar-refractivity contribution in [3.63, 3.8) is 0 Å². The average Bonchev–Trinajstić information content (AvgIpc) is 3.14. The predicted molar refractivity (Wildman–Crippen MR) is 94.2 cm³/mol. The van der Waals surface area contributed by atoms with Crippen LogP contribution in [0.3, 0.4) is 0 Å². The second kappa shape index (κ2) is 5.28. The largest absolute Gasteiger partial charge is 0.281 e. The molecule has 0 aliphatic heterocycles. The fourth-order valence-corrected chi connectivity index (χ4v) is 4.00. The zero-order chi connectivity index (χ0) is 16.0. The van der Waals surface area contributed by atoms with Gasteiger partial charge in [-0.1, -0.05) is 23.8 Å². The van der Waals surface area contributed by atoms with Crippen LogP contribution < -0.4 is 0 Å². The summed E-state index contributed by atoms with van der Waals surface area (Å²) in [6.07, 6.45) is 1.79. The van der Waals surface area contributed by atoms with Gasteiger partial charge in [-0.2, -0.15) is 0 Å². The molecule has 0 N–H and O–H groups in total. The minimum Gasteiger partial charge on any atom is -0.281 e. The summed E-state index contributed by atoms with van der Waals surface area (Å²) in [5.41, 5.74) is 8.80. The van der Waals surface area contributed by atoms with E-state index in [-0.39, 0.29) is 0 Å². The van der Waals surface area contributed by atoms with Gasteiger partial charge in [0, 0.05) is 5.56 Å². The van der Waals surface area contributed by atoms with Crippen LogP contribution in [0.15, 0.2) is 42.2 Å². The minimum absolute atomic E-state index is 0.856. The van der Waals surface area contributed by atoms with Gasteiger partial charge in [0.1, 0.15) is 6.33 Å². The highest BCUT2D eigenvalue weighted by molar-refractivity contribution is 7.17. The lowest BCUT2D eigenvalue weighted by Crippen LogP contribution is -2.02. The maximum Gasteiger partial charge on any atom is 0.169 e. The number of aryl methyl sites for hydroxylation is 3. The maximum absolute atomic E-state index is 4.40. The number of benzene rings is 2. The third-order valence-electron chi connectivity index (χ3n) is 4.02. The van der Waals surface area contributed by atoms with Crippen LogP contribution >= 0.6 is 11.3 Å². The lowest BCUT2D eigenvalue weighted by Gasteiger charge is -2.14. The summed E-state index contributed by atoms with van der Waals surface area (Å²) in [6.45, 7) is 6.38. The third-order valence-corrected chi connectivity index (χ3v) is 4.90. The molecule has 5 heteroatoms. The molecule has 4 rings (SSSR count). The zero-order valence-corrected chi connectivity index (χ0v) is 14.1. The topological polar surface area (TPSA) is 43.6 Å². The number of hydrogen-bond acceptors (Lipinski definition) is 4. The van der Waals surface area contributed by atoms with Gasteiger partial charge < -0.3 is 0 Å². The molecular weight excluding hydrogens is 304 g/mol. The Kier molecular flexibility index (Phi) is 3.23. The van der Waals surface area contributed by atoms with Gasteiger partial charge in [0.25, 0.3) is 0 Å². The summed E-state index contributed by atoms with van der Waals surface area (Å²) in [7, 11) is 0. The molecule has 2 aromatic carbocycles. The van der Waals surface area contributed by atoms with Gasteiger partial charge in [0.15, 0.2) is 5.82 Å². The van der Waals surface area contributed by atoms with Crippen molar-refractivity contribution in [2.24, 2.45) is 0 Å². The molecule has 2 heterocycles. The smallest absolute Gasteiger partial charge is 0.169 e. The first-order valence-corrected chi connectivity index (χ1v) is 8.34. The first kappa shape index (κ1) is 14.1. The van der Waals surface area contributed by atoms with Crippen LogP contribution in [0.2, 0.25) is 0 Å². The summed E-state index contributed by atoms with van der Waals surface area (Å²) in [5.74, 6) is 0.856. The van der Waals surface area contributed by atoms with Crippen LogP contribution in [-0.2, 0) is 0 Å². The first-order chi connectivity index (χ1) is 11.1. The molecule has 4 aromatic rings. The molecule has 0 saturated carbocycles. The summed E-state index contributed by atoms with van der Waals surface area (Å²) in [6, 6.07) is 10.5. The predicted octanol–water partition coefficient (Wildman–Crippen LogP) is 4.47. The highest BCUT2D eigenvalue weighted by Crippen LogP contribution is 2.32. The van der Waals surface area contributed by atoms with Gasteiger partial charge in [0.2, 0.25) is 0 Å². The molecule has 0 amide bonds. The molecule has 0 aliphatic rings. The van der Waals surface area contributed by atoms with Crippen molar-refractivity contribution in [1.82, 2.24) is 19.7 Å². The molecule has 0 spiro atoms. The monoisotopic (exact) mass is 320 g/mol. The Hall–Kier alpha value is -2.53. The molecule has 0 saturated heterocycles. The van der Waals surface area contributed by atoms with Crippen LogP contribution in [0, 0.1) is 20.8 Å². The van der Waals surface area contributed by atoms with Gasteiger partial charge in [0.05, 0.1) is 21.4 Å². The fourth-order valence-electron chi connectivity index (χ4n) is 3.20. The quantitative estimate of drug-likeness (QED) is 0.547. The number of nitrogens with zero attached hydrogens (tertiary/aromatic N) is 4. The highest BCUT2D eigenvalue weighted by atomic mass is 32.1. The van der Waals surface area contributed by atoms with E-state index >= 15 is 0 Å². The average molecular weight is 320 g/mol. The summed E-state index contributed by atoms with van der Waals surface area (Å²) < 4.78 is 3.22. The van der Waals surface area contributed by atoms with E-state index in [2.05, 4.69) is 58.7 Å². The SMILES string of the molecule is Cc1cc(C)c(-n2cnnc2-c2cccc3ncsc23)c(C)c1. The summed E-state index contributed by atoms with van der Waals surface area (Å²) in [4.78, 5) is 4.40. The van der Waals surface area contributed by atoms with Gasteiger partial charge in [-0.25, -0.2) is 4.98 Å². The summed E-state index contributed by atoms with van der Waals surface area (Å²) >= 11 is 1.63. The minimum atomic E-state index is 0.856. The van der Waals surface area contributed by atoms with Crippen molar-refractivity contribution >= 4 is 21.6 Å². The van der Waals surface area contributed by atoms with Crippen molar-refractivity contribution in [2.75, 3.05) is 0 Å². The standard InChI is InChI=1S/C18H16N4S/c1-11-7-12(2)16(13(3)8-11)22-9-20-21-18(22)14-5-4-6-15-17(14)23-10-19-15/h4-10H,1-3H3. The van der Waals surface area contributed by atoms with E-state index in [0.29, 0.717) is 0 Å². The Morgan fingerprint density at radius 2 is 1.83 bits per heavy atom. The van der Waals surface area contributed by atoms with Crippen LogP contribution in [0.5, 0.6) is 0 Å². The number of thiazole rings is 1. The van der Waals surface area contributed by atoms with E-state index in [9.17, 15) is 0 Å². The molecule has 23 heavy (non-hydrogen) atoms. The molecule has 0 unspecified atom stereocenters. The van der Waals surface area contributed by atoms with Crippen LogP contribution in [0.4, 0.5) is 0 Å². The number of fused-ring (bicyclic) bond motifs is 1. The van der Waals surface area contributed by atoms with E-state index in [1.807, 2.05) is 17.6 Å². The third kappa shape index (κ3) is 2.24. The van der Waals surface area contributed by atoms with Crippen LogP contribution in [0.25, 0.3) is 27.3 Å². The second-order valence-electron chi connectivity index (χ2n) is 5.78. The van der Waals surface area contributed by atoms with E-state index < -0.39 is 0 Å². The normalized spacial score (nSPS) is 11.3. The van der Waals surface area contributed by atoms with Gasteiger partial charge in [-0.3, -0.25) is 4.57 Å². The van der Waals surface area contributed by atoms with Crippen LogP contribution in [-0.4, -0.2) is 19.7 Å². The Morgan fingerprint density at radius 3 is 2.61 bits per heavy atom. The molecule has 0 radical (unpaired) electrons. The molecule has 0 aliphatic carbocycles. The van der Waals surface area contributed by atoms with Crippen molar-refractivity contribution in [3.05, 3.63) is 58.9 Å². The molecule has 0 bridgehead atoms. The summed E-state index contributed by atoms with van der Waals surface area (Å²) in [5, 5.41) is 8.56. The molecule has 2 aromatic heterocycles. The molecule has 0 fully saturated rings. The highest BCUT2D eigenvalue weighted by Gasteiger charge is 2.16. The Labute approximate surface area is 138 Å². The molecule has 0 atom stereocenters. The fraction of sp³-hybridized carbons (Fsp3) is 0.167. The van der Waals surface area contributed by atoms with Crippen molar-refractivity contribution in [3.8, 4) is 17.1 Å². The number of rotatable bonds is 2. The second-order valence-corrected chi connectivity index (χ2v) is 6.63. The van der Waals surface area contributed by atoms with E-state index in [4.69, 9.17) is 0 Å².